The van der Waals surface area contributed by atoms with Gasteiger partial charge in [0, 0.05) is 14.0 Å². The number of hydrogen-bond acceptors (Lipinski definition) is 23. The summed E-state index contributed by atoms with van der Waals surface area (Å²) in [6.45, 7) is 3.77. The lowest BCUT2D eigenvalue weighted by Crippen LogP contribution is -2.69. The Morgan fingerprint density at radius 3 is 1.49 bits per heavy atom. The Kier molecular flexibility index (Phi) is 16.0. The molecule has 1 amide bonds. The third-order valence-electron chi connectivity index (χ3n) is 10.8. The fourth-order valence-electron chi connectivity index (χ4n) is 7.45. The van der Waals surface area contributed by atoms with Crippen LogP contribution < -0.4 is 5.32 Å². The van der Waals surface area contributed by atoms with Crippen LogP contribution in [0.4, 0.5) is 0 Å². The van der Waals surface area contributed by atoms with E-state index in [4.69, 9.17) is 47.4 Å². The molecule has 0 radical (unpaired) electrons. The average molecular weight is 836 g/mol. The summed E-state index contributed by atoms with van der Waals surface area (Å²) in [6, 6.07) is -1.26. The van der Waals surface area contributed by atoms with E-state index in [9.17, 15) is 66.1 Å². The summed E-state index contributed by atoms with van der Waals surface area (Å²) in [4.78, 5) is 12.2. The highest BCUT2D eigenvalue weighted by Crippen LogP contribution is 2.37. The molecular weight excluding hydrogens is 778 g/mol. The van der Waals surface area contributed by atoms with Crippen LogP contribution in [0.3, 0.4) is 0 Å². The Labute approximate surface area is 326 Å². The molecule has 13 N–H and O–H groups in total. The molecule has 0 aromatic carbocycles. The highest BCUT2D eigenvalue weighted by atomic mass is 16.8. The normalized spacial score (nSPS) is 52.3. The maximum absolute atomic E-state index is 12.2. The minimum absolute atomic E-state index is 0.597. The van der Waals surface area contributed by atoms with Crippen molar-refractivity contribution in [2.45, 2.75) is 181 Å². The van der Waals surface area contributed by atoms with Crippen LogP contribution >= 0.6 is 0 Å². The van der Waals surface area contributed by atoms with E-state index in [1.54, 1.807) is 0 Å². The van der Waals surface area contributed by atoms with E-state index in [2.05, 4.69) is 5.32 Å². The van der Waals surface area contributed by atoms with Crippen molar-refractivity contribution < 1.29 is 113 Å². The Hall–Kier alpha value is -1.41. The van der Waals surface area contributed by atoms with Crippen LogP contribution in [0.15, 0.2) is 0 Å². The van der Waals surface area contributed by atoms with Crippen LogP contribution in [-0.4, -0.2) is 241 Å². The molecule has 5 rings (SSSR count). The number of carbonyl (C=O) groups excluding carboxylic acids is 1. The molecule has 25 atom stereocenters. The average Bonchev–Trinajstić information content (AvgIpc) is 3.17. The van der Waals surface area contributed by atoms with E-state index in [-0.39, 0.29) is 0 Å². The van der Waals surface area contributed by atoms with E-state index >= 15 is 0 Å². The van der Waals surface area contributed by atoms with E-state index in [1.165, 1.54) is 34.8 Å². The van der Waals surface area contributed by atoms with Crippen molar-refractivity contribution in [1.29, 1.82) is 0 Å². The summed E-state index contributed by atoms with van der Waals surface area (Å²) < 4.78 is 58.1. The molecule has 0 unspecified atom stereocenters. The number of ether oxygens (including phenoxy) is 10. The second kappa shape index (κ2) is 19.5. The van der Waals surface area contributed by atoms with Gasteiger partial charge in [0.05, 0.1) is 31.5 Å². The van der Waals surface area contributed by atoms with Gasteiger partial charge in [0.15, 0.2) is 31.5 Å². The Morgan fingerprint density at radius 1 is 0.474 bits per heavy atom. The molecule has 5 aliphatic heterocycles. The first-order chi connectivity index (χ1) is 26.8. The third kappa shape index (κ3) is 9.73. The van der Waals surface area contributed by atoms with Gasteiger partial charge in [-0.3, -0.25) is 4.79 Å². The first kappa shape index (κ1) is 46.7. The van der Waals surface area contributed by atoms with Crippen molar-refractivity contribution in [3.63, 3.8) is 0 Å². The van der Waals surface area contributed by atoms with Gasteiger partial charge in [0.25, 0.3) is 0 Å². The van der Waals surface area contributed by atoms with Crippen molar-refractivity contribution in [3.8, 4) is 0 Å². The lowest BCUT2D eigenvalue weighted by atomic mass is 9.94. The van der Waals surface area contributed by atoms with Crippen LogP contribution in [-0.2, 0) is 52.2 Å². The second-order valence-corrected chi connectivity index (χ2v) is 14.9. The van der Waals surface area contributed by atoms with Crippen LogP contribution in [0, 0.1) is 0 Å². The van der Waals surface area contributed by atoms with Gasteiger partial charge >= 0.3 is 0 Å². The zero-order chi connectivity index (χ0) is 42.2. The number of nitrogens with one attached hydrogen (secondary N) is 1. The lowest BCUT2D eigenvalue weighted by Gasteiger charge is -2.51. The van der Waals surface area contributed by atoms with Crippen molar-refractivity contribution in [2.75, 3.05) is 20.3 Å². The summed E-state index contributed by atoms with van der Waals surface area (Å²) in [5.74, 6) is -0.597. The number of aliphatic hydroxyl groups is 12. The largest absolute Gasteiger partial charge is 0.394 e. The van der Waals surface area contributed by atoms with Gasteiger partial charge in [-0.25, -0.2) is 0 Å². The van der Waals surface area contributed by atoms with Crippen molar-refractivity contribution >= 4 is 5.91 Å². The molecule has 5 fully saturated rings. The van der Waals surface area contributed by atoms with Gasteiger partial charge in [0.1, 0.15) is 104 Å². The number of aliphatic hydroxyl groups excluding tert-OH is 12. The van der Waals surface area contributed by atoms with Gasteiger partial charge in [-0.2, -0.15) is 0 Å². The fraction of sp³-hybridized carbons (Fsp3) is 0.970. The molecule has 24 heteroatoms. The molecule has 0 bridgehead atoms. The molecule has 5 saturated heterocycles. The Bertz CT molecular complexity index is 1290. The maximum Gasteiger partial charge on any atom is 0.217 e. The number of amides is 1. The summed E-state index contributed by atoms with van der Waals surface area (Å²) in [7, 11) is 1.23. The summed E-state index contributed by atoms with van der Waals surface area (Å²) in [5, 5.41) is 130. The number of rotatable bonds is 12. The van der Waals surface area contributed by atoms with E-state index in [0.717, 1.165) is 0 Å². The molecule has 0 spiro atoms. The smallest absolute Gasteiger partial charge is 0.217 e. The standard InChI is InChI=1S/C33H57NO23/c1-8-15(38)19(42)22(45)30(49-8)57-28-21(44)16(39)9(2)50-33(28)56-27-24(47)32(55-26-14(34-11(4)37)29(48-5)52-13(7-36)18(26)41)51-10(3)25(27)54-31-23(46)20(43)17(40)12(6-35)53-31/h8-10,12-33,35-36,38-47H,6-7H2,1-5H3,(H,34,37)/t8-,9-,10-,12+,13+,14+,15-,16-,17+,18+,19+,20-,21+,22+,23+,24+,25-,26+,27-,28+,29+,30-,31+,32-,33-/m0/s1. The monoisotopic (exact) mass is 835 g/mol. The molecule has 0 aromatic rings. The highest BCUT2D eigenvalue weighted by Gasteiger charge is 2.57. The van der Waals surface area contributed by atoms with Crippen LogP contribution in [0.25, 0.3) is 0 Å². The van der Waals surface area contributed by atoms with Crippen molar-refractivity contribution in [1.82, 2.24) is 5.32 Å². The second-order valence-electron chi connectivity index (χ2n) is 14.9. The summed E-state index contributed by atoms with van der Waals surface area (Å²) >= 11 is 0. The molecule has 24 nitrogen and oxygen atoms in total. The molecule has 0 aromatic heterocycles. The van der Waals surface area contributed by atoms with Crippen molar-refractivity contribution in [2.24, 2.45) is 0 Å². The van der Waals surface area contributed by atoms with E-state index < -0.39 is 173 Å². The molecule has 332 valence electrons. The highest BCUT2D eigenvalue weighted by molar-refractivity contribution is 5.73. The van der Waals surface area contributed by atoms with Gasteiger partial charge in [-0.1, -0.05) is 0 Å². The lowest BCUT2D eigenvalue weighted by molar-refractivity contribution is -0.402. The molecule has 57 heavy (non-hydrogen) atoms. The Balaban J connectivity index is 1.49. The molecule has 0 aliphatic carbocycles. The van der Waals surface area contributed by atoms with Gasteiger partial charge in [-0.15, -0.1) is 0 Å². The summed E-state index contributed by atoms with van der Waals surface area (Å²) in [6.07, 6.45) is -39.2. The minimum Gasteiger partial charge on any atom is -0.394 e. The predicted octanol–water partition coefficient (Wildman–Crippen LogP) is -8.04. The summed E-state index contributed by atoms with van der Waals surface area (Å²) in [5.41, 5.74) is 0. The first-order valence-electron chi connectivity index (χ1n) is 18.6. The molecular formula is C33H57NO23. The molecule has 0 saturated carbocycles. The number of hydrogen-bond donors (Lipinski definition) is 13. The SMILES string of the molecule is CO[C@@H]1O[C@H](CO)[C@@H](O)[C@H](O[C@@H]2O[C@@H](C)[C@H](O[C@H]3O[C@H](CO)[C@@H](O)[C@H](O)[C@H]3O)[C@@H](O[C@@H]3O[C@@H](C)[C@H](O)[C@@H](O)[C@H]3O[C@@H]3O[C@@H](C)[C@H](O)[C@@H](O)[C@H]3O)[C@H]2O)[C@H]1NC(C)=O. The van der Waals surface area contributed by atoms with Gasteiger partial charge in [-0.05, 0) is 20.8 Å². The topological polar surface area (TPSA) is 364 Å². The predicted molar refractivity (Wildman–Crippen MR) is 179 cm³/mol. The van der Waals surface area contributed by atoms with Crippen molar-refractivity contribution in [3.05, 3.63) is 0 Å². The quantitative estimate of drug-likeness (QED) is 0.0868. The van der Waals surface area contributed by atoms with Crippen LogP contribution in [0.1, 0.15) is 27.7 Å². The van der Waals surface area contributed by atoms with Crippen LogP contribution in [0.5, 0.6) is 0 Å². The Morgan fingerprint density at radius 2 is 0.912 bits per heavy atom. The maximum atomic E-state index is 12.2. The van der Waals surface area contributed by atoms with Gasteiger partial charge in [0.2, 0.25) is 5.91 Å². The van der Waals surface area contributed by atoms with Crippen LogP contribution in [0.2, 0.25) is 0 Å². The number of carbonyl (C=O) groups is 1. The molecule has 5 heterocycles. The zero-order valence-electron chi connectivity index (χ0n) is 31.7. The zero-order valence-corrected chi connectivity index (χ0v) is 31.7. The molecule has 5 aliphatic rings. The first-order valence-corrected chi connectivity index (χ1v) is 18.6. The third-order valence-corrected chi connectivity index (χ3v) is 10.8. The van der Waals surface area contributed by atoms with Gasteiger partial charge < -0.3 is 114 Å². The van der Waals surface area contributed by atoms with E-state index in [0.29, 0.717) is 0 Å². The number of methoxy groups -OCH3 is 1. The minimum atomic E-state index is -2.02. The fourth-order valence-corrected chi connectivity index (χ4v) is 7.45. The van der Waals surface area contributed by atoms with E-state index in [1.807, 2.05) is 0 Å².